The molecule has 5 aromatic carbocycles. The molecule has 0 saturated heterocycles. The van der Waals surface area contributed by atoms with Gasteiger partial charge in [0.15, 0.2) is 0 Å². The number of hydrogen-bond donors (Lipinski definition) is 0. The minimum atomic E-state index is 0.894. The zero-order valence-corrected chi connectivity index (χ0v) is 21.9. The number of benzene rings is 5. The molecule has 0 atom stereocenters. The zero-order chi connectivity index (χ0) is 22.4. The first-order valence-corrected chi connectivity index (χ1v) is 12.8. The van der Waals surface area contributed by atoms with E-state index in [0.29, 0.717) is 0 Å². The van der Waals surface area contributed by atoms with E-state index < -0.39 is 0 Å². The summed E-state index contributed by atoms with van der Waals surface area (Å²) in [6.45, 7) is 0. The predicted octanol–water partition coefficient (Wildman–Crippen LogP) is 7.69. The van der Waals surface area contributed by atoms with Crippen molar-refractivity contribution in [2.24, 2.45) is 0 Å². The van der Waals surface area contributed by atoms with Gasteiger partial charge < -0.3 is 4.23 Å². The van der Waals surface area contributed by atoms with Gasteiger partial charge >= 0.3 is 0 Å². The van der Waals surface area contributed by atoms with Gasteiger partial charge in [0.05, 0.1) is 5.52 Å². The van der Waals surface area contributed by atoms with Crippen LogP contribution in [0.5, 0.6) is 0 Å². The van der Waals surface area contributed by atoms with Crippen molar-refractivity contribution in [2.75, 3.05) is 0 Å². The molecule has 3 heteroatoms. The highest BCUT2D eigenvalue weighted by Gasteiger charge is 2.25. The monoisotopic (exact) mass is 503 g/mol. The molecule has 1 nitrogen and oxygen atoms in total. The quantitative estimate of drug-likeness (QED) is 0.218. The summed E-state index contributed by atoms with van der Waals surface area (Å²) in [5.74, 6) is 0. The van der Waals surface area contributed by atoms with Crippen LogP contribution in [-0.4, -0.2) is 14.6 Å². The van der Waals surface area contributed by atoms with Crippen LogP contribution in [0.4, 0.5) is 0 Å². The van der Waals surface area contributed by atoms with Gasteiger partial charge in [0.1, 0.15) is 10.4 Å². The molecular weight excluding hydrogens is 482 g/mol. The Bertz CT molecular complexity index is 1600. The van der Waals surface area contributed by atoms with E-state index >= 15 is 0 Å². The van der Waals surface area contributed by atoms with Crippen molar-refractivity contribution < 1.29 is 0 Å². The summed E-state index contributed by atoms with van der Waals surface area (Å²) in [5, 5.41) is 2.58. The third kappa shape index (κ3) is 3.19. The molecule has 0 bridgehead atoms. The normalized spacial score (nSPS) is 11.4. The first-order valence-electron chi connectivity index (χ1n) is 11.1. The average Bonchev–Trinajstić information content (AvgIpc) is 3.18. The lowest BCUT2D eigenvalue weighted by atomic mass is 9.85. The largest absolute Gasteiger partial charge is 0.376 e. The van der Waals surface area contributed by atoms with E-state index in [-0.39, 0.29) is 0 Å². The van der Waals surface area contributed by atoms with Crippen molar-refractivity contribution in [3.05, 3.63) is 120 Å². The number of nitrogens with zero attached hydrogens (tertiary/aromatic N) is 1. The highest BCUT2D eigenvalue weighted by molar-refractivity contribution is 9.10. The van der Waals surface area contributed by atoms with Crippen LogP contribution in [0.15, 0.2) is 120 Å². The van der Waals surface area contributed by atoms with E-state index in [9.17, 15) is 0 Å². The molecule has 0 spiro atoms. The highest BCUT2D eigenvalue weighted by atomic mass is 79.9. The van der Waals surface area contributed by atoms with E-state index in [2.05, 4.69) is 135 Å². The fraction of sp³-hybridized carbons (Fsp3) is 0. The van der Waals surface area contributed by atoms with Gasteiger partial charge in [-0.3, -0.25) is 0 Å². The lowest BCUT2D eigenvalue weighted by molar-refractivity contribution is 1.39. The Morgan fingerprint density at radius 3 is 1.55 bits per heavy atom. The maximum atomic E-state index is 4.11. The molecule has 0 unspecified atom stereocenters. The third-order valence-electron chi connectivity index (χ3n) is 6.47. The molecule has 0 N–H and O–H groups in total. The van der Waals surface area contributed by atoms with Gasteiger partial charge in [0.25, 0.3) is 0 Å². The minimum Gasteiger partial charge on any atom is -0.376 e. The Morgan fingerprint density at radius 1 is 0.515 bits per heavy atom. The standard InChI is InChI=1S/C30H22BrNSi/c31-29-26(21-14-6-2-7-15-21)25(20-12-4-1-5-13-20)27(22-16-8-3-9-17-22)30-28(29)23-18-10-11-19-24(23)32(30)33/h1-19H,33H3. The van der Waals surface area contributed by atoms with Gasteiger partial charge in [-0.15, -0.1) is 0 Å². The fourth-order valence-corrected chi connectivity index (χ4v) is 6.71. The molecule has 33 heavy (non-hydrogen) atoms. The predicted molar refractivity (Wildman–Crippen MR) is 149 cm³/mol. The fourth-order valence-electron chi connectivity index (χ4n) is 5.04. The minimum absolute atomic E-state index is 0.894. The van der Waals surface area contributed by atoms with Gasteiger partial charge in [-0.25, -0.2) is 0 Å². The molecular formula is C30H22BrNSi. The molecule has 0 aliphatic heterocycles. The van der Waals surface area contributed by atoms with Crippen LogP contribution in [0.1, 0.15) is 0 Å². The number of fused-ring (bicyclic) bond motifs is 3. The first kappa shape index (κ1) is 20.2. The van der Waals surface area contributed by atoms with Gasteiger partial charge in [0, 0.05) is 37.5 Å². The SMILES string of the molecule is [SiH3]n1c2ccccc2c2c(Br)c(-c3ccccc3)c(-c3ccccc3)c(-c3ccccc3)c21. The Hall–Kier alpha value is -3.40. The van der Waals surface area contributed by atoms with E-state index in [0.717, 1.165) is 14.9 Å². The molecule has 0 saturated carbocycles. The summed E-state index contributed by atoms with van der Waals surface area (Å²) in [5.41, 5.74) is 10.1. The molecule has 158 valence electrons. The van der Waals surface area contributed by atoms with Crippen LogP contribution in [0.3, 0.4) is 0 Å². The topological polar surface area (TPSA) is 4.93 Å². The van der Waals surface area contributed by atoms with Gasteiger partial charge in [-0.05, 0) is 38.7 Å². The average molecular weight is 505 g/mol. The summed E-state index contributed by atoms with van der Waals surface area (Å²) in [6.07, 6.45) is 0. The summed E-state index contributed by atoms with van der Waals surface area (Å²) in [4.78, 5) is 0. The van der Waals surface area contributed by atoms with E-state index in [1.807, 2.05) is 0 Å². The summed E-state index contributed by atoms with van der Waals surface area (Å²) in [7, 11) is 0.894. The van der Waals surface area contributed by atoms with Crippen LogP contribution in [0, 0.1) is 0 Å². The van der Waals surface area contributed by atoms with E-state index in [1.54, 1.807) is 0 Å². The molecule has 1 aromatic heterocycles. The van der Waals surface area contributed by atoms with Crippen molar-refractivity contribution >= 4 is 48.1 Å². The number of hydrogen-bond acceptors (Lipinski definition) is 0. The molecule has 0 fully saturated rings. The van der Waals surface area contributed by atoms with Crippen LogP contribution < -0.4 is 0 Å². The van der Waals surface area contributed by atoms with Crippen molar-refractivity contribution in [3.8, 4) is 33.4 Å². The lowest BCUT2D eigenvalue weighted by Gasteiger charge is -2.21. The number of halogens is 1. The maximum absolute atomic E-state index is 4.11. The Balaban J connectivity index is 1.93. The van der Waals surface area contributed by atoms with Crippen LogP contribution in [0.25, 0.3) is 55.2 Å². The van der Waals surface area contributed by atoms with Crippen molar-refractivity contribution in [2.45, 2.75) is 0 Å². The van der Waals surface area contributed by atoms with Crippen molar-refractivity contribution in [3.63, 3.8) is 0 Å². The zero-order valence-electron chi connectivity index (χ0n) is 18.3. The lowest BCUT2D eigenvalue weighted by Crippen LogP contribution is -1.98. The van der Waals surface area contributed by atoms with E-state index in [4.69, 9.17) is 0 Å². The Labute approximate surface area is 205 Å². The molecule has 0 radical (unpaired) electrons. The number of rotatable bonds is 3. The van der Waals surface area contributed by atoms with E-state index in [1.165, 1.54) is 55.2 Å². The summed E-state index contributed by atoms with van der Waals surface area (Å²) >= 11 is 4.11. The van der Waals surface area contributed by atoms with Crippen LogP contribution in [0.2, 0.25) is 0 Å². The molecule has 0 aliphatic carbocycles. The molecule has 6 aromatic rings. The third-order valence-corrected chi connectivity index (χ3v) is 8.19. The smallest absolute Gasteiger partial charge is 0.114 e. The Morgan fingerprint density at radius 2 is 0.970 bits per heavy atom. The van der Waals surface area contributed by atoms with Gasteiger partial charge in [0.2, 0.25) is 0 Å². The molecule has 6 rings (SSSR count). The van der Waals surface area contributed by atoms with Crippen molar-refractivity contribution in [1.82, 2.24) is 4.23 Å². The second kappa shape index (κ2) is 8.18. The van der Waals surface area contributed by atoms with Crippen LogP contribution in [-0.2, 0) is 0 Å². The number of aromatic nitrogens is 1. The summed E-state index contributed by atoms with van der Waals surface area (Å²) in [6, 6.07) is 41.2. The Kier molecular flexibility index (Phi) is 5.01. The second-order valence-corrected chi connectivity index (χ2v) is 10.0. The molecule has 0 aliphatic rings. The maximum Gasteiger partial charge on any atom is 0.114 e. The van der Waals surface area contributed by atoms with Gasteiger partial charge in [-0.1, -0.05) is 109 Å². The second-order valence-electron chi connectivity index (χ2n) is 8.34. The first-order chi connectivity index (χ1) is 16.3. The van der Waals surface area contributed by atoms with Gasteiger partial charge in [-0.2, -0.15) is 0 Å². The van der Waals surface area contributed by atoms with Crippen molar-refractivity contribution in [1.29, 1.82) is 0 Å². The molecule has 1 heterocycles. The highest BCUT2D eigenvalue weighted by Crippen LogP contribution is 2.51. The van der Waals surface area contributed by atoms with Crippen LogP contribution >= 0.6 is 15.9 Å². The molecule has 0 amide bonds. The number of para-hydroxylation sites is 1. The summed E-state index contributed by atoms with van der Waals surface area (Å²) < 4.78 is 3.65.